The molecule has 3 nitrogen and oxygen atoms in total. The lowest BCUT2D eigenvalue weighted by Crippen LogP contribution is -2.35. The van der Waals surface area contributed by atoms with E-state index < -0.39 is 0 Å². The molecular formula is C19H24N2O. The van der Waals surface area contributed by atoms with Crippen LogP contribution in [0.5, 0.6) is 0 Å². The molecule has 1 N–H and O–H groups in total. The number of rotatable bonds is 5. The topological polar surface area (TPSA) is 32.3 Å². The van der Waals surface area contributed by atoms with Gasteiger partial charge in [-0.3, -0.25) is 4.79 Å². The van der Waals surface area contributed by atoms with Crippen LogP contribution in [0, 0.1) is 13.8 Å². The molecule has 0 spiro atoms. The second-order valence-electron chi connectivity index (χ2n) is 6.00. The van der Waals surface area contributed by atoms with Gasteiger partial charge in [0.05, 0.1) is 6.04 Å². The van der Waals surface area contributed by atoms with E-state index in [1.165, 1.54) is 5.56 Å². The van der Waals surface area contributed by atoms with E-state index in [1.54, 1.807) is 0 Å². The van der Waals surface area contributed by atoms with Crippen molar-refractivity contribution in [3.05, 3.63) is 70.8 Å². The highest BCUT2D eigenvalue weighted by Crippen LogP contribution is 2.16. The molecule has 2 aromatic rings. The Morgan fingerprint density at radius 2 is 1.73 bits per heavy atom. The van der Waals surface area contributed by atoms with Crippen molar-refractivity contribution in [3.63, 3.8) is 0 Å². The molecule has 0 bridgehead atoms. The van der Waals surface area contributed by atoms with E-state index in [4.69, 9.17) is 0 Å². The quantitative estimate of drug-likeness (QED) is 0.918. The van der Waals surface area contributed by atoms with Gasteiger partial charge in [0.1, 0.15) is 0 Å². The summed E-state index contributed by atoms with van der Waals surface area (Å²) in [6.45, 7) is 4.84. The van der Waals surface area contributed by atoms with E-state index in [-0.39, 0.29) is 11.9 Å². The van der Waals surface area contributed by atoms with Gasteiger partial charge in [0.15, 0.2) is 0 Å². The molecule has 3 heteroatoms. The third kappa shape index (κ3) is 4.18. The number of benzene rings is 2. The molecule has 0 saturated carbocycles. The average molecular weight is 296 g/mol. The maximum atomic E-state index is 12.5. The summed E-state index contributed by atoms with van der Waals surface area (Å²) in [5.41, 5.74) is 4.16. The van der Waals surface area contributed by atoms with Gasteiger partial charge in [-0.1, -0.05) is 36.4 Å². The van der Waals surface area contributed by atoms with E-state index in [2.05, 4.69) is 29.3 Å². The van der Waals surface area contributed by atoms with Crippen LogP contribution in [0.2, 0.25) is 0 Å². The summed E-state index contributed by atoms with van der Waals surface area (Å²) < 4.78 is 0. The predicted octanol–water partition coefficient (Wildman–Crippen LogP) is 3.34. The Labute approximate surface area is 133 Å². The minimum atomic E-state index is -0.0289. The summed E-state index contributed by atoms with van der Waals surface area (Å²) >= 11 is 0. The van der Waals surface area contributed by atoms with Crippen molar-refractivity contribution in [2.24, 2.45) is 0 Å². The van der Waals surface area contributed by atoms with Gasteiger partial charge in [0, 0.05) is 12.1 Å². The van der Waals surface area contributed by atoms with Gasteiger partial charge in [-0.05, 0) is 56.8 Å². The first-order chi connectivity index (χ1) is 10.5. The van der Waals surface area contributed by atoms with Crippen LogP contribution in [0.3, 0.4) is 0 Å². The fourth-order valence-corrected chi connectivity index (χ4v) is 2.41. The van der Waals surface area contributed by atoms with E-state index in [0.29, 0.717) is 5.56 Å². The van der Waals surface area contributed by atoms with Gasteiger partial charge < -0.3 is 10.2 Å². The molecule has 0 unspecified atom stereocenters. The fourth-order valence-electron chi connectivity index (χ4n) is 2.41. The van der Waals surface area contributed by atoms with E-state index >= 15 is 0 Å². The summed E-state index contributed by atoms with van der Waals surface area (Å²) in [4.78, 5) is 14.6. The van der Waals surface area contributed by atoms with E-state index in [1.807, 2.05) is 57.4 Å². The zero-order valence-corrected chi connectivity index (χ0v) is 13.8. The fraction of sp³-hybridized carbons (Fsp3) is 0.316. The Morgan fingerprint density at radius 1 is 1.05 bits per heavy atom. The summed E-state index contributed by atoms with van der Waals surface area (Å²) in [5, 5.41) is 3.15. The summed E-state index contributed by atoms with van der Waals surface area (Å²) in [7, 11) is 4.02. The maximum Gasteiger partial charge on any atom is 0.251 e. The highest BCUT2D eigenvalue weighted by atomic mass is 16.1. The second kappa shape index (κ2) is 7.23. The normalized spacial score (nSPS) is 12.2. The number of nitrogens with zero attached hydrogens (tertiary/aromatic N) is 1. The smallest absolute Gasteiger partial charge is 0.251 e. The molecule has 2 rings (SSSR count). The molecule has 0 aliphatic carbocycles. The summed E-state index contributed by atoms with van der Waals surface area (Å²) in [6, 6.07) is 15.9. The number of amides is 1. The van der Waals surface area contributed by atoms with E-state index in [0.717, 1.165) is 17.7 Å². The SMILES string of the molecule is Cc1ccc(C(=O)N[C@H](CN(C)C)c2ccccc2)cc1C. The first-order valence-electron chi connectivity index (χ1n) is 7.55. The van der Waals surface area contributed by atoms with Crippen LogP contribution in [-0.2, 0) is 0 Å². The average Bonchev–Trinajstić information content (AvgIpc) is 2.49. The maximum absolute atomic E-state index is 12.5. The molecule has 22 heavy (non-hydrogen) atoms. The van der Waals surface area contributed by atoms with Gasteiger partial charge in [0.25, 0.3) is 5.91 Å². The van der Waals surface area contributed by atoms with Crippen molar-refractivity contribution in [2.45, 2.75) is 19.9 Å². The zero-order chi connectivity index (χ0) is 16.1. The van der Waals surface area contributed by atoms with Crippen molar-refractivity contribution >= 4 is 5.91 Å². The Morgan fingerprint density at radius 3 is 2.32 bits per heavy atom. The van der Waals surface area contributed by atoms with Crippen LogP contribution in [-0.4, -0.2) is 31.4 Å². The number of nitrogens with one attached hydrogen (secondary N) is 1. The first kappa shape index (κ1) is 16.2. The molecule has 1 amide bonds. The number of carbonyl (C=O) groups excluding carboxylic acids is 1. The molecule has 1 atom stereocenters. The van der Waals surface area contributed by atoms with Crippen LogP contribution in [0.15, 0.2) is 48.5 Å². The Hall–Kier alpha value is -2.13. The van der Waals surface area contributed by atoms with Gasteiger partial charge in [0.2, 0.25) is 0 Å². The monoisotopic (exact) mass is 296 g/mol. The van der Waals surface area contributed by atoms with Crippen molar-refractivity contribution in [3.8, 4) is 0 Å². The third-order valence-corrected chi connectivity index (χ3v) is 3.82. The van der Waals surface area contributed by atoms with Crippen LogP contribution in [0.1, 0.15) is 33.1 Å². The van der Waals surface area contributed by atoms with Crippen LogP contribution >= 0.6 is 0 Å². The molecular weight excluding hydrogens is 272 g/mol. The van der Waals surface area contributed by atoms with E-state index in [9.17, 15) is 4.79 Å². The third-order valence-electron chi connectivity index (χ3n) is 3.82. The van der Waals surface area contributed by atoms with Crippen LogP contribution < -0.4 is 5.32 Å². The van der Waals surface area contributed by atoms with Crippen LogP contribution in [0.25, 0.3) is 0 Å². The Balaban J connectivity index is 2.19. The highest BCUT2D eigenvalue weighted by molar-refractivity contribution is 5.94. The van der Waals surface area contributed by atoms with Gasteiger partial charge >= 0.3 is 0 Å². The molecule has 0 heterocycles. The standard InChI is InChI=1S/C19H24N2O/c1-14-10-11-17(12-15(14)2)19(22)20-18(13-21(3)4)16-8-6-5-7-9-16/h5-12,18H,13H2,1-4H3,(H,20,22)/t18-/m1/s1. The lowest BCUT2D eigenvalue weighted by Gasteiger charge is -2.23. The Kier molecular flexibility index (Phi) is 5.34. The predicted molar refractivity (Wildman–Crippen MR) is 91.1 cm³/mol. The Bertz CT molecular complexity index is 635. The molecule has 0 saturated heterocycles. The summed E-state index contributed by atoms with van der Waals surface area (Å²) in [5.74, 6) is -0.0289. The number of likely N-dealkylation sites (N-methyl/N-ethyl adjacent to an activating group) is 1. The molecule has 0 aliphatic heterocycles. The number of hydrogen-bond donors (Lipinski definition) is 1. The number of carbonyl (C=O) groups is 1. The van der Waals surface area contributed by atoms with Crippen molar-refractivity contribution in [1.82, 2.24) is 10.2 Å². The molecule has 0 aliphatic rings. The molecule has 116 valence electrons. The zero-order valence-electron chi connectivity index (χ0n) is 13.8. The van der Waals surface area contributed by atoms with Crippen LogP contribution in [0.4, 0.5) is 0 Å². The van der Waals surface area contributed by atoms with Gasteiger partial charge in [-0.15, -0.1) is 0 Å². The largest absolute Gasteiger partial charge is 0.344 e. The van der Waals surface area contributed by atoms with Gasteiger partial charge in [-0.2, -0.15) is 0 Å². The lowest BCUT2D eigenvalue weighted by atomic mass is 10.0. The minimum Gasteiger partial charge on any atom is -0.344 e. The van der Waals surface area contributed by atoms with Crippen molar-refractivity contribution in [2.75, 3.05) is 20.6 Å². The number of aryl methyl sites for hydroxylation is 2. The highest BCUT2D eigenvalue weighted by Gasteiger charge is 2.16. The first-order valence-corrected chi connectivity index (χ1v) is 7.55. The van der Waals surface area contributed by atoms with Crippen molar-refractivity contribution in [1.29, 1.82) is 0 Å². The molecule has 2 aromatic carbocycles. The number of hydrogen-bond acceptors (Lipinski definition) is 2. The van der Waals surface area contributed by atoms with Crippen molar-refractivity contribution < 1.29 is 4.79 Å². The molecule has 0 fully saturated rings. The minimum absolute atomic E-state index is 0.0229. The second-order valence-corrected chi connectivity index (χ2v) is 6.00. The molecule has 0 aromatic heterocycles. The lowest BCUT2D eigenvalue weighted by molar-refractivity contribution is 0.0930. The summed E-state index contributed by atoms with van der Waals surface area (Å²) in [6.07, 6.45) is 0. The molecule has 0 radical (unpaired) electrons. The van der Waals surface area contributed by atoms with Gasteiger partial charge in [-0.25, -0.2) is 0 Å².